The monoisotopic (exact) mass is 191 g/mol. The van der Waals surface area contributed by atoms with E-state index in [4.69, 9.17) is 11.6 Å². The molecule has 0 amide bonds. The van der Waals surface area contributed by atoms with Crippen molar-refractivity contribution >= 4 is 11.6 Å². The molecule has 0 aliphatic rings. The molecule has 0 fully saturated rings. The first-order valence-electron chi connectivity index (χ1n) is 4.19. The first-order valence-corrected chi connectivity index (χ1v) is 4.72. The van der Waals surface area contributed by atoms with Gasteiger partial charge in [-0.05, 0) is 17.2 Å². The van der Waals surface area contributed by atoms with E-state index >= 15 is 0 Å². The summed E-state index contributed by atoms with van der Waals surface area (Å²) in [5, 5.41) is 0. The van der Waals surface area contributed by atoms with Crippen molar-refractivity contribution in [3.05, 3.63) is 48.2 Å². The Morgan fingerprint density at radius 3 is 2.54 bits per heavy atom. The summed E-state index contributed by atoms with van der Waals surface area (Å²) in [4.78, 5) is 3.19. The van der Waals surface area contributed by atoms with Crippen LogP contribution in [0.5, 0.6) is 0 Å². The number of H-pyrrole nitrogens is 1. The summed E-state index contributed by atoms with van der Waals surface area (Å²) < 4.78 is 0. The third kappa shape index (κ3) is 1.76. The maximum absolute atomic E-state index is 5.71. The van der Waals surface area contributed by atoms with E-state index in [1.54, 1.807) is 0 Å². The lowest BCUT2D eigenvalue weighted by Crippen LogP contribution is -1.73. The summed E-state index contributed by atoms with van der Waals surface area (Å²) in [5.74, 6) is 0.559. The minimum Gasteiger partial charge on any atom is -0.361 e. The molecule has 0 saturated carbocycles. The van der Waals surface area contributed by atoms with Gasteiger partial charge in [-0.1, -0.05) is 30.3 Å². The van der Waals surface area contributed by atoms with Crippen molar-refractivity contribution < 1.29 is 0 Å². The zero-order valence-corrected chi connectivity index (χ0v) is 7.88. The second-order valence-electron chi connectivity index (χ2n) is 2.92. The van der Waals surface area contributed by atoms with Crippen LogP contribution in [-0.4, -0.2) is 4.98 Å². The van der Waals surface area contributed by atoms with E-state index in [-0.39, 0.29) is 0 Å². The minimum absolute atomic E-state index is 0.559. The largest absolute Gasteiger partial charge is 0.361 e. The molecule has 1 heterocycles. The van der Waals surface area contributed by atoms with Gasteiger partial charge in [0.2, 0.25) is 0 Å². The third-order valence-corrected chi connectivity index (χ3v) is 2.29. The zero-order valence-electron chi connectivity index (χ0n) is 7.13. The molecule has 66 valence electrons. The molecule has 0 bridgehead atoms. The normalized spacial score (nSPS) is 10.2. The van der Waals surface area contributed by atoms with Crippen molar-refractivity contribution in [3.8, 4) is 11.3 Å². The highest BCUT2D eigenvalue weighted by Crippen LogP contribution is 2.18. The van der Waals surface area contributed by atoms with Gasteiger partial charge in [0.1, 0.15) is 0 Å². The van der Waals surface area contributed by atoms with Crippen LogP contribution in [-0.2, 0) is 5.88 Å². The van der Waals surface area contributed by atoms with Crippen LogP contribution in [0.2, 0.25) is 0 Å². The number of benzene rings is 1. The SMILES string of the molecule is ClCc1c[nH]c(-c2ccccc2)c1. The summed E-state index contributed by atoms with van der Waals surface area (Å²) in [5.41, 5.74) is 3.44. The number of aromatic amines is 1. The summed E-state index contributed by atoms with van der Waals surface area (Å²) >= 11 is 5.71. The van der Waals surface area contributed by atoms with Crippen LogP contribution < -0.4 is 0 Å². The fraction of sp³-hybridized carbons (Fsp3) is 0.0909. The lowest BCUT2D eigenvalue weighted by atomic mass is 10.1. The van der Waals surface area contributed by atoms with Crippen LogP contribution >= 0.6 is 11.6 Å². The van der Waals surface area contributed by atoms with E-state index in [2.05, 4.69) is 23.2 Å². The maximum atomic E-state index is 5.71. The molecule has 2 heteroatoms. The van der Waals surface area contributed by atoms with E-state index in [9.17, 15) is 0 Å². The molecular weight excluding hydrogens is 182 g/mol. The van der Waals surface area contributed by atoms with Crippen molar-refractivity contribution in [3.63, 3.8) is 0 Å². The molecular formula is C11H10ClN. The molecule has 0 saturated heterocycles. The standard InChI is InChI=1S/C11H10ClN/c12-7-9-6-11(13-8-9)10-4-2-1-3-5-10/h1-6,8,13H,7H2. The van der Waals surface area contributed by atoms with E-state index in [1.165, 1.54) is 5.56 Å². The Bertz CT molecular complexity index is 378. The first kappa shape index (κ1) is 8.39. The van der Waals surface area contributed by atoms with Gasteiger partial charge in [0.05, 0.1) is 0 Å². The molecule has 0 aliphatic heterocycles. The molecule has 0 aliphatic carbocycles. The van der Waals surface area contributed by atoms with Gasteiger partial charge in [0, 0.05) is 17.8 Å². The highest BCUT2D eigenvalue weighted by atomic mass is 35.5. The molecule has 13 heavy (non-hydrogen) atoms. The summed E-state index contributed by atoms with van der Waals surface area (Å²) in [6.45, 7) is 0. The molecule has 2 aromatic rings. The van der Waals surface area contributed by atoms with Gasteiger partial charge in [-0.25, -0.2) is 0 Å². The number of halogens is 1. The van der Waals surface area contributed by atoms with Crippen LogP contribution in [0.1, 0.15) is 5.56 Å². The summed E-state index contributed by atoms with van der Waals surface area (Å²) in [6.07, 6.45) is 1.94. The van der Waals surface area contributed by atoms with E-state index in [0.717, 1.165) is 11.3 Å². The van der Waals surface area contributed by atoms with E-state index < -0.39 is 0 Å². The predicted octanol–water partition coefficient (Wildman–Crippen LogP) is 3.42. The number of alkyl halides is 1. The highest BCUT2D eigenvalue weighted by molar-refractivity contribution is 6.17. The van der Waals surface area contributed by atoms with Crippen molar-refractivity contribution in [1.82, 2.24) is 4.98 Å². The second-order valence-corrected chi connectivity index (χ2v) is 3.19. The number of aromatic nitrogens is 1. The van der Waals surface area contributed by atoms with E-state index in [0.29, 0.717) is 5.88 Å². The van der Waals surface area contributed by atoms with Gasteiger partial charge in [0.15, 0.2) is 0 Å². The third-order valence-electron chi connectivity index (χ3n) is 1.98. The van der Waals surface area contributed by atoms with Gasteiger partial charge < -0.3 is 4.98 Å². The Kier molecular flexibility index (Phi) is 2.37. The van der Waals surface area contributed by atoms with Gasteiger partial charge in [-0.3, -0.25) is 0 Å². The number of hydrogen-bond acceptors (Lipinski definition) is 0. The number of hydrogen-bond donors (Lipinski definition) is 1. The topological polar surface area (TPSA) is 15.8 Å². The van der Waals surface area contributed by atoms with Crippen molar-refractivity contribution in [2.24, 2.45) is 0 Å². The molecule has 2 rings (SSSR count). The number of rotatable bonds is 2. The fourth-order valence-electron chi connectivity index (χ4n) is 1.30. The van der Waals surface area contributed by atoms with Gasteiger partial charge in [0.25, 0.3) is 0 Å². The molecule has 1 aromatic heterocycles. The first-order chi connectivity index (χ1) is 6.40. The van der Waals surface area contributed by atoms with Gasteiger partial charge >= 0.3 is 0 Å². The van der Waals surface area contributed by atoms with Gasteiger partial charge in [-0.15, -0.1) is 11.6 Å². The second kappa shape index (κ2) is 3.67. The molecule has 1 aromatic carbocycles. The Balaban J connectivity index is 2.36. The summed E-state index contributed by atoms with van der Waals surface area (Å²) in [6, 6.07) is 12.3. The zero-order chi connectivity index (χ0) is 9.10. The molecule has 0 unspecified atom stereocenters. The van der Waals surface area contributed by atoms with Crippen molar-refractivity contribution in [2.75, 3.05) is 0 Å². The van der Waals surface area contributed by atoms with E-state index in [1.807, 2.05) is 24.4 Å². The quantitative estimate of drug-likeness (QED) is 0.701. The van der Waals surface area contributed by atoms with Crippen LogP contribution in [0.15, 0.2) is 42.6 Å². The average molecular weight is 192 g/mol. The molecule has 0 spiro atoms. The minimum atomic E-state index is 0.559. The number of nitrogens with one attached hydrogen (secondary N) is 1. The lowest BCUT2D eigenvalue weighted by molar-refractivity contribution is 1.36. The molecule has 0 atom stereocenters. The van der Waals surface area contributed by atoms with Gasteiger partial charge in [-0.2, -0.15) is 0 Å². The van der Waals surface area contributed by atoms with Crippen LogP contribution in [0.25, 0.3) is 11.3 Å². The maximum Gasteiger partial charge on any atom is 0.0489 e. The Morgan fingerprint density at radius 2 is 1.92 bits per heavy atom. The van der Waals surface area contributed by atoms with Crippen LogP contribution in [0, 0.1) is 0 Å². The smallest absolute Gasteiger partial charge is 0.0489 e. The Morgan fingerprint density at radius 1 is 1.15 bits per heavy atom. The molecule has 1 nitrogen and oxygen atoms in total. The molecule has 0 radical (unpaired) electrons. The van der Waals surface area contributed by atoms with Crippen LogP contribution in [0.3, 0.4) is 0 Å². The van der Waals surface area contributed by atoms with Crippen molar-refractivity contribution in [1.29, 1.82) is 0 Å². The highest BCUT2D eigenvalue weighted by Gasteiger charge is 1.99. The molecule has 1 N–H and O–H groups in total. The van der Waals surface area contributed by atoms with Crippen LogP contribution in [0.4, 0.5) is 0 Å². The van der Waals surface area contributed by atoms with Crippen molar-refractivity contribution in [2.45, 2.75) is 5.88 Å². The lowest BCUT2D eigenvalue weighted by Gasteiger charge is -1.94. The predicted molar refractivity (Wildman–Crippen MR) is 55.8 cm³/mol. The average Bonchev–Trinajstić information content (AvgIpc) is 2.67. The fourth-order valence-corrected chi connectivity index (χ4v) is 1.46. The Labute approximate surface area is 82.4 Å². The summed E-state index contributed by atoms with van der Waals surface area (Å²) in [7, 11) is 0. The Hall–Kier alpha value is -1.21.